The van der Waals surface area contributed by atoms with E-state index in [9.17, 15) is 14.4 Å². The minimum Gasteiger partial charge on any atom is -0.350 e. The Kier molecular flexibility index (Phi) is 4.79. The van der Waals surface area contributed by atoms with Gasteiger partial charge >= 0.3 is 5.69 Å². The molecule has 6 heteroatoms. The fraction of sp³-hybridized carbons (Fsp3) is 0.211. The van der Waals surface area contributed by atoms with Gasteiger partial charge in [0.15, 0.2) is 0 Å². The summed E-state index contributed by atoms with van der Waals surface area (Å²) in [6, 6.07) is 16.4. The molecule has 6 nitrogen and oxygen atoms in total. The van der Waals surface area contributed by atoms with E-state index in [0.29, 0.717) is 10.9 Å². The number of nitrogens with zero attached hydrogens (tertiary/aromatic N) is 1. The van der Waals surface area contributed by atoms with Gasteiger partial charge in [-0.3, -0.25) is 19.1 Å². The number of fused-ring (bicyclic) bond motifs is 1. The van der Waals surface area contributed by atoms with Crippen LogP contribution in [0, 0.1) is 0 Å². The van der Waals surface area contributed by atoms with Gasteiger partial charge < -0.3 is 5.32 Å². The molecule has 0 saturated heterocycles. The Balaban J connectivity index is 1.74. The maximum atomic E-state index is 12.2. The number of amides is 1. The van der Waals surface area contributed by atoms with Gasteiger partial charge in [-0.05, 0) is 24.6 Å². The normalized spacial score (nSPS) is 12.0. The number of para-hydroxylation sites is 1. The molecule has 1 aromatic heterocycles. The second kappa shape index (κ2) is 7.17. The second-order valence-corrected chi connectivity index (χ2v) is 5.88. The van der Waals surface area contributed by atoms with Gasteiger partial charge in [-0.25, -0.2) is 4.79 Å². The van der Waals surface area contributed by atoms with Crippen molar-refractivity contribution >= 4 is 16.8 Å². The fourth-order valence-electron chi connectivity index (χ4n) is 2.82. The number of benzene rings is 2. The molecule has 0 unspecified atom stereocenters. The third-order valence-corrected chi connectivity index (χ3v) is 4.14. The SMILES string of the molecule is C[C@@H](NC(=O)CCn1c(=O)[nH]c(=O)c2ccccc21)c1ccccc1. The largest absolute Gasteiger partial charge is 0.350 e. The second-order valence-electron chi connectivity index (χ2n) is 5.88. The number of hydrogen-bond donors (Lipinski definition) is 2. The van der Waals surface area contributed by atoms with Crippen LogP contribution in [0.15, 0.2) is 64.2 Å². The number of aromatic amines is 1. The van der Waals surface area contributed by atoms with Crippen LogP contribution in [0.5, 0.6) is 0 Å². The Bertz CT molecular complexity index is 1010. The lowest BCUT2D eigenvalue weighted by molar-refractivity contribution is -0.121. The zero-order chi connectivity index (χ0) is 17.8. The predicted octanol–water partition coefficient (Wildman–Crippen LogP) is 1.96. The number of nitrogens with one attached hydrogen (secondary N) is 2. The molecule has 0 aliphatic rings. The first kappa shape index (κ1) is 16.7. The highest BCUT2D eigenvalue weighted by molar-refractivity contribution is 5.79. The summed E-state index contributed by atoms with van der Waals surface area (Å²) in [5.74, 6) is -0.154. The third-order valence-electron chi connectivity index (χ3n) is 4.14. The molecule has 0 aliphatic carbocycles. The van der Waals surface area contributed by atoms with Crippen molar-refractivity contribution in [1.29, 1.82) is 0 Å². The van der Waals surface area contributed by atoms with Gasteiger partial charge in [0.05, 0.1) is 16.9 Å². The Morgan fingerprint density at radius 2 is 1.76 bits per heavy atom. The molecule has 0 bridgehead atoms. The zero-order valence-corrected chi connectivity index (χ0v) is 13.9. The molecule has 1 atom stereocenters. The van der Waals surface area contributed by atoms with Crippen LogP contribution in [0.4, 0.5) is 0 Å². The molecular formula is C19H19N3O3. The molecule has 1 heterocycles. The smallest absolute Gasteiger partial charge is 0.328 e. The molecule has 25 heavy (non-hydrogen) atoms. The van der Waals surface area contributed by atoms with E-state index in [1.807, 2.05) is 37.3 Å². The molecule has 3 aromatic rings. The van der Waals surface area contributed by atoms with E-state index in [-0.39, 0.29) is 24.9 Å². The Labute approximate surface area is 144 Å². The first-order chi connectivity index (χ1) is 12.1. The Morgan fingerprint density at radius 1 is 1.08 bits per heavy atom. The van der Waals surface area contributed by atoms with Gasteiger partial charge in [0.1, 0.15) is 0 Å². The van der Waals surface area contributed by atoms with Crippen LogP contribution < -0.4 is 16.6 Å². The van der Waals surface area contributed by atoms with Gasteiger partial charge in [0, 0.05) is 13.0 Å². The summed E-state index contributed by atoms with van der Waals surface area (Å²) in [5.41, 5.74) is 0.620. The lowest BCUT2D eigenvalue weighted by atomic mass is 10.1. The zero-order valence-electron chi connectivity index (χ0n) is 13.9. The number of carbonyl (C=O) groups is 1. The summed E-state index contributed by atoms with van der Waals surface area (Å²) in [6.07, 6.45) is 0.146. The van der Waals surface area contributed by atoms with Crippen LogP contribution in [0.3, 0.4) is 0 Å². The molecule has 0 saturated carbocycles. The van der Waals surface area contributed by atoms with Crippen molar-refractivity contribution in [3.05, 3.63) is 81.0 Å². The summed E-state index contributed by atoms with van der Waals surface area (Å²) in [6.45, 7) is 2.11. The standard InChI is InChI=1S/C19H19N3O3/c1-13(14-7-3-2-4-8-14)20-17(23)11-12-22-16-10-6-5-9-15(16)18(24)21-19(22)25/h2-10,13H,11-12H2,1H3,(H,20,23)(H,21,24,25)/t13-/m1/s1. The van der Waals surface area contributed by atoms with Crippen molar-refractivity contribution in [2.24, 2.45) is 0 Å². The number of aromatic nitrogens is 2. The minimum atomic E-state index is -0.507. The van der Waals surface area contributed by atoms with Crippen LogP contribution in [0.25, 0.3) is 10.9 Å². The molecule has 0 aliphatic heterocycles. The van der Waals surface area contributed by atoms with Gasteiger partial charge in [0.2, 0.25) is 5.91 Å². The number of rotatable bonds is 5. The number of carbonyl (C=O) groups excluding carboxylic acids is 1. The summed E-state index contributed by atoms with van der Waals surface area (Å²) >= 11 is 0. The summed E-state index contributed by atoms with van der Waals surface area (Å²) in [4.78, 5) is 38.4. The van der Waals surface area contributed by atoms with Crippen LogP contribution in [-0.4, -0.2) is 15.5 Å². The summed E-state index contributed by atoms with van der Waals surface area (Å²) in [5, 5.41) is 3.35. The van der Waals surface area contributed by atoms with Gasteiger partial charge in [0.25, 0.3) is 5.56 Å². The first-order valence-electron chi connectivity index (χ1n) is 8.12. The van der Waals surface area contributed by atoms with Crippen LogP contribution in [0.1, 0.15) is 24.9 Å². The highest BCUT2D eigenvalue weighted by atomic mass is 16.2. The summed E-state index contributed by atoms with van der Waals surface area (Å²) in [7, 11) is 0. The number of aryl methyl sites for hydroxylation is 1. The van der Waals surface area contributed by atoms with Gasteiger partial charge in [-0.2, -0.15) is 0 Å². The van der Waals surface area contributed by atoms with E-state index in [4.69, 9.17) is 0 Å². The third kappa shape index (κ3) is 3.68. The molecule has 2 aromatic carbocycles. The van der Waals surface area contributed by atoms with Crippen molar-refractivity contribution in [2.45, 2.75) is 25.9 Å². The van der Waals surface area contributed by atoms with Crippen molar-refractivity contribution in [1.82, 2.24) is 14.9 Å². The van der Waals surface area contributed by atoms with E-state index in [1.165, 1.54) is 4.57 Å². The van der Waals surface area contributed by atoms with Crippen LogP contribution in [-0.2, 0) is 11.3 Å². The van der Waals surface area contributed by atoms with Crippen molar-refractivity contribution in [3.8, 4) is 0 Å². The molecule has 1 amide bonds. The topological polar surface area (TPSA) is 84.0 Å². The molecule has 2 N–H and O–H groups in total. The molecule has 0 fully saturated rings. The summed E-state index contributed by atoms with van der Waals surface area (Å²) < 4.78 is 1.42. The van der Waals surface area contributed by atoms with Gasteiger partial charge in [-0.1, -0.05) is 42.5 Å². The fourth-order valence-corrected chi connectivity index (χ4v) is 2.82. The van der Waals surface area contributed by atoms with E-state index in [1.54, 1.807) is 24.3 Å². The molecule has 0 spiro atoms. The quantitative estimate of drug-likeness (QED) is 0.746. The highest BCUT2D eigenvalue weighted by Gasteiger charge is 2.11. The maximum Gasteiger partial charge on any atom is 0.328 e. The van der Waals surface area contributed by atoms with E-state index in [2.05, 4.69) is 10.3 Å². The Hall–Kier alpha value is -3.15. The molecule has 128 valence electrons. The lowest BCUT2D eigenvalue weighted by Crippen LogP contribution is -2.33. The average Bonchev–Trinajstić information content (AvgIpc) is 2.62. The monoisotopic (exact) mass is 337 g/mol. The number of H-pyrrole nitrogens is 1. The predicted molar refractivity (Wildman–Crippen MR) is 96.4 cm³/mol. The number of hydrogen-bond acceptors (Lipinski definition) is 3. The van der Waals surface area contributed by atoms with Crippen molar-refractivity contribution in [2.75, 3.05) is 0 Å². The van der Waals surface area contributed by atoms with Crippen LogP contribution >= 0.6 is 0 Å². The molecule has 3 rings (SSSR count). The van der Waals surface area contributed by atoms with Gasteiger partial charge in [-0.15, -0.1) is 0 Å². The average molecular weight is 337 g/mol. The van der Waals surface area contributed by atoms with E-state index >= 15 is 0 Å². The van der Waals surface area contributed by atoms with Crippen molar-refractivity contribution in [3.63, 3.8) is 0 Å². The lowest BCUT2D eigenvalue weighted by Gasteiger charge is -2.15. The Morgan fingerprint density at radius 3 is 2.52 bits per heavy atom. The van der Waals surface area contributed by atoms with Crippen LogP contribution in [0.2, 0.25) is 0 Å². The maximum absolute atomic E-state index is 12.2. The highest BCUT2D eigenvalue weighted by Crippen LogP contribution is 2.11. The van der Waals surface area contributed by atoms with E-state index in [0.717, 1.165) is 5.56 Å². The minimum absolute atomic E-state index is 0.113. The van der Waals surface area contributed by atoms with Crippen molar-refractivity contribution < 1.29 is 4.79 Å². The van der Waals surface area contributed by atoms with E-state index < -0.39 is 11.2 Å². The molecular weight excluding hydrogens is 318 g/mol. The first-order valence-corrected chi connectivity index (χ1v) is 8.12. The molecule has 0 radical (unpaired) electrons.